The van der Waals surface area contributed by atoms with Crippen LogP contribution in [0.15, 0.2) is 350 Å². The van der Waals surface area contributed by atoms with Gasteiger partial charge in [-0.2, -0.15) is 0 Å². The highest BCUT2D eigenvalue weighted by atomic mass is 79.9. The zero-order chi connectivity index (χ0) is 98.0. The summed E-state index contributed by atoms with van der Waals surface area (Å²) in [6.45, 7) is 21.8. The van der Waals surface area contributed by atoms with Crippen LogP contribution in [-0.2, 0) is 43.3 Å². The maximum Gasteiger partial charge on any atom is 0.494 e. The quantitative estimate of drug-likeness (QED) is 0.0471. The van der Waals surface area contributed by atoms with Crippen molar-refractivity contribution in [3.05, 3.63) is 379 Å². The Morgan fingerprint density at radius 1 is 0.266 bits per heavy atom. The lowest BCUT2D eigenvalue weighted by Crippen LogP contribution is -2.41. The van der Waals surface area contributed by atoms with Crippen molar-refractivity contribution in [3.8, 4) is 56.1 Å². The number of hydrogen-bond donors (Lipinski definition) is 0. The van der Waals surface area contributed by atoms with Crippen LogP contribution in [0.3, 0.4) is 0 Å². The monoisotopic (exact) mass is 2130 g/mol. The van der Waals surface area contributed by atoms with E-state index < -0.39 is 0 Å². The lowest BCUT2D eigenvalue weighted by Gasteiger charge is -2.42. The van der Waals surface area contributed by atoms with E-state index in [9.17, 15) is 0 Å². The van der Waals surface area contributed by atoms with E-state index in [4.69, 9.17) is 23.0 Å². The third-order valence-corrected chi connectivity index (χ3v) is 34.2. The van der Waals surface area contributed by atoms with Crippen molar-refractivity contribution in [2.24, 2.45) is 0 Å². The molecule has 25 rings (SSSR count). The molecule has 0 bridgehead atoms. The summed E-state index contributed by atoms with van der Waals surface area (Å²) in [5.41, 5.74) is 32.8. The van der Waals surface area contributed by atoms with Gasteiger partial charge in [0, 0.05) is 105 Å². The summed E-state index contributed by atoms with van der Waals surface area (Å²) >= 11 is 15.0. The van der Waals surface area contributed by atoms with Gasteiger partial charge in [0.15, 0.2) is 0 Å². The Morgan fingerprint density at radius 3 is 0.986 bits per heavy atom. The maximum absolute atomic E-state index is 6.62. The Morgan fingerprint density at radius 2 is 0.594 bits per heavy atom. The zero-order valence-electron chi connectivity index (χ0n) is 83.2. The topological polar surface area (TPSA) is 69.8 Å². The predicted molar refractivity (Wildman–Crippen MR) is 616 cm³/mol. The largest absolute Gasteiger partial charge is 0.494 e. The van der Waals surface area contributed by atoms with Gasteiger partial charge in [-0.1, -0.05) is 306 Å². The highest BCUT2D eigenvalue weighted by Gasteiger charge is 2.54. The molecular weight excluding hydrogens is 2010 g/mol. The van der Waals surface area contributed by atoms with E-state index in [0.29, 0.717) is 0 Å². The average molecular weight is 2130 g/mol. The molecule has 4 aliphatic rings. The molecule has 714 valence electrons. The van der Waals surface area contributed by atoms with E-state index in [2.05, 4.69) is 467 Å². The second kappa shape index (κ2) is 38.4. The van der Waals surface area contributed by atoms with Crippen LogP contribution < -0.4 is 10.9 Å². The van der Waals surface area contributed by atoms with Crippen molar-refractivity contribution in [3.63, 3.8) is 0 Å². The van der Waals surface area contributed by atoms with Gasteiger partial charge >= 0.3 is 14.2 Å². The minimum Gasteiger partial charge on any atom is -0.455 e. The molecule has 0 atom stereocenters. The minimum absolute atomic E-state index is 0.0717. The van der Waals surface area contributed by atoms with Crippen molar-refractivity contribution in [2.45, 2.75) is 206 Å². The van der Waals surface area contributed by atoms with Gasteiger partial charge in [0.1, 0.15) is 11.2 Å². The van der Waals surface area contributed by atoms with Crippen LogP contribution in [0.4, 0.5) is 0 Å². The SMILES string of the molecule is Brc1ccc2c(c1)c1cc(-c3ccc4c(c3)c3cc(Br)ccc3n4-c3ccc(-c4cccc5c4oc4ccccc45)cc3)ccc1n2-c1ccccc1.Brc1ccc2c(c1)c1cc(-c3ccc4c(c3)c3cc(Br)ccc3n4-c3ccc4c(c3)CC4)ccc1n2-c1ccccc1.CCCCCCCCC1(CCCCCCCC)c2cc(B3OC(C)(C)C(C)(C)O3)ccc2Cc2ccc(B3OC(C)(C)C(C)(C)O3)cc21. The molecule has 21 aromatic rings. The number of aromatic nitrogens is 4. The van der Waals surface area contributed by atoms with E-state index in [1.54, 1.807) is 0 Å². The predicted octanol–water partition coefficient (Wildman–Crippen LogP) is 35.8. The van der Waals surface area contributed by atoms with E-state index in [0.717, 1.165) is 92.5 Å². The van der Waals surface area contributed by atoms with Gasteiger partial charge < -0.3 is 41.3 Å². The number of aryl methyl sites for hydroxylation is 2. The Kier molecular flexibility index (Phi) is 25.5. The number of rotatable bonds is 23. The third kappa shape index (κ3) is 17.4. The van der Waals surface area contributed by atoms with Gasteiger partial charge in [0.25, 0.3) is 0 Å². The second-order valence-corrected chi connectivity index (χ2v) is 45.8. The smallest absolute Gasteiger partial charge is 0.455 e. The van der Waals surface area contributed by atoms with Crippen LogP contribution in [0.25, 0.3) is 165 Å². The molecule has 0 spiro atoms. The van der Waals surface area contributed by atoms with Gasteiger partial charge in [-0.15, -0.1) is 0 Å². The number of fused-ring (bicyclic) bond motifs is 18. The van der Waals surface area contributed by atoms with Crippen molar-refractivity contribution in [2.75, 3.05) is 0 Å². The van der Waals surface area contributed by atoms with Gasteiger partial charge in [-0.05, 0) is 336 Å². The summed E-state index contributed by atoms with van der Waals surface area (Å²) in [6, 6.07) is 120. The molecule has 7 heterocycles. The summed E-state index contributed by atoms with van der Waals surface area (Å²) in [7, 11) is -0.725. The molecule has 0 amide bonds. The number of hydrogen-bond acceptors (Lipinski definition) is 5. The summed E-state index contributed by atoms with van der Waals surface area (Å²) in [6.07, 6.45) is 21.3. The molecule has 0 radical (unpaired) electrons. The van der Waals surface area contributed by atoms with Crippen LogP contribution in [0.2, 0.25) is 0 Å². The molecule has 2 aliphatic heterocycles. The second-order valence-electron chi connectivity index (χ2n) is 42.2. The molecule has 0 saturated carbocycles. The fourth-order valence-electron chi connectivity index (χ4n) is 23.1. The summed E-state index contributed by atoms with van der Waals surface area (Å²) in [5, 5.41) is 12.2. The van der Waals surface area contributed by atoms with Crippen LogP contribution in [-0.4, -0.2) is 54.9 Å². The van der Waals surface area contributed by atoms with Crippen molar-refractivity contribution < 1.29 is 23.0 Å². The average Bonchev–Trinajstić information content (AvgIpc) is 0.984. The third-order valence-electron chi connectivity index (χ3n) is 32.2. The van der Waals surface area contributed by atoms with Gasteiger partial charge in [0.2, 0.25) is 0 Å². The van der Waals surface area contributed by atoms with Gasteiger partial charge in [0.05, 0.1) is 66.5 Å². The highest BCUT2D eigenvalue weighted by Crippen LogP contribution is 2.52. The lowest BCUT2D eigenvalue weighted by molar-refractivity contribution is 0.00578. The van der Waals surface area contributed by atoms with E-state index in [-0.39, 0.29) is 42.1 Å². The number of para-hydroxylation sites is 4. The molecule has 2 aliphatic carbocycles. The Labute approximate surface area is 873 Å². The molecule has 2 fully saturated rings. The van der Waals surface area contributed by atoms with Gasteiger partial charge in [-0.25, -0.2) is 0 Å². The van der Waals surface area contributed by atoms with E-state index in [1.807, 2.05) is 12.1 Å². The molecule has 15 heteroatoms. The highest BCUT2D eigenvalue weighted by molar-refractivity contribution is 9.11. The molecule has 2 saturated heterocycles. The fraction of sp³-hybridized carbons (Fsp3) is 0.250. The van der Waals surface area contributed by atoms with Crippen LogP contribution in [0.1, 0.15) is 193 Å². The first-order valence-electron chi connectivity index (χ1n) is 51.6. The number of nitrogens with zero attached hydrogens (tertiary/aromatic N) is 4. The van der Waals surface area contributed by atoms with Crippen molar-refractivity contribution >= 4 is 198 Å². The molecule has 143 heavy (non-hydrogen) atoms. The maximum atomic E-state index is 6.62. The summed E-state index contributed by atoms with van der Waals surface area (Å²) in [5.74, 6) is 0. The van der Waals surface area contributed by atoms with Crippen molar-refractivity contribution in [1.29, 1.82) is 0 Å². The summed E-state index contributed by atoms with van der Waals surface area (Å²) < 4.78 is 46.7. The molecular formula is C128H118B2Br4N4O5. The van der Waals surface area contributed by atoms with Crippen LogP contribution in [0.5, 0.6) is 0 Å². The van der Waals surface area contributed by atoms with E-state index >= 15 is 0 Å². The number of benzene rings is 16. The Balaban J connectivity index is 0.000000120. The van der Waals surface area contributed by atoms with Gasteiger partial charge in [-0.3, -0.25) is 0 Å². The van der Waals surface area contributed by atoms with E-state index in [1.165, 1.54) is 244 Å². The number of furan rings is 1. The normalized spacial score (nSPS) is 15.4. The Bertz CT molecular complexity index is 8380. The minimum atomic E-state index is -0.369. The fourth-order valence-corrected chi connectivity index (χ4v) is 24.6. The lowest BCUT2D eigenvalue weighted by atomic mass is 9.59. The van der Waals surface area contributed by atoms with Crippen LogP contribution in [0, 0.1) is 0 Å². The first-order chi connectivity index (χ1) is 69.4. The number of halogens is 4. The Hall–Kier alpha value is -11.6. The summed E-state index contributed by atoms with van der Waals surface area (Å²) in [4.78, 5) is 0. The molecule has 5 aromatic heterocycles. The van der Waals surface area contributed by atoms with Crippen molar-refractivity contribution in [1.82, 2.24) is 18.3 Å². The zero-order valence-corrected chi connectivity index (χ0v) is 89.5. The first kappa shape index (κ1) is 95.0. The molecule has 0 N–H and O–H groups in total. The molecule has 16 aromatic carbocycles. The molecule has 0 unspecified atom stereocenters. The van der Waals surface area contributed by atoms with Crippen LogP contribution >= 0.6 is 63.7 Å². The standard InChI is InChI=1S/C48H28Br2N2O.C42H66B2O4.C38H24Br2N2/c49-32-17-23-45-41(27-32)39-25-30(15-21-43(39)51(45)34-7-2-1-3-8-34)31-16-22-44-40(26-31)42-28-33(50)18-24-46(42)52(44)35-19-13-29(14-20-35)36-10-6-11-38-37-9-4-5-12-47(37)53-48(36)38;1-11-13-15-17-19-21-27-42(28-22-20-18-16-14-12-2)36-30-34(43-45-38(3,4)39(5,6)46-43)25-23-32(36)29-33-24-26-35(31-37(33)42)44-47-40(7,8)41(9,10)48-44;39-27-11-16-37-33(21-27)31-19-25(9-14-35(31)41(37)29-4-2-1-3-5-29)26-10-15-36-32(20-26)34-22-28(40)12-17-38(34)42(36)30-13-8-23-6-7-24(23)18-30/h1-28H;23-26,30-31H,11-22,27-29H2,1-10H3;1-5,8-22H,6-7H2. The molecule has 9 nitrogen and oxygen atoms in total. The first-order valence-corrected chi connectivity index (χ1v) is 54.7. The number of unbranched alkanes of at least 4 members (excludes halogenated alkanes) is 10.